The number of unbranched alkanes of at least 4 members (excludes halogenated alkanes) is 1. The first-order valence-electron chi connectivity index (χ1n) is 7.61. The summed E-state index contributed by atoms with van der Waals surface area (Å²) in [6.07, 6.45) is 6.44. The summed E-state index contributed by atoms with van der Waals surface area (Å²) in [5.74, 6) is 0.763. The smallest absolute Gasteiger partial charge is 0.0348 e. The molecule has 1 heteroatoms. The second-order valence-electron chi connectivity index (χ2n) is 5.15. The number of benzene rings is 1. The van der Waals surface area contributed by atoms with Crippen molar-refractivity contribution in [3.8, 4) is 0 Å². The average Bonchev–Trinajstić information content (AvgIpc) is 2.43. The van der Waals surface area contributed by atoms with Gasteiger partial charge in [0.25, 0.3) is 0 Å². The minimum atomic E-state index is 0.530. The third kappa shape index (κ3) is 4.81. The average molecular weight is 247 g/mol. The van der Waals surface area contributed by atoms with Gasteiger partial charge in [0, 0.05) is 6.04 Å². The Kier molecular flexibility index (Phi) is 7.75. The molecule has 0 saturated heterocycles. The minimum absolute atomic E-state index is 0.530. The molecule has 18 heavy (non-hydrogen) atoms. The Balaban J connectivity index is 2.75. The Bertz CT molecular complexity index is 294. The fraction of sp³-hybridized carbons (Fsp3) is 0.647. The van der Waals surface area contributed by atoms with E-state index in [4.69, 9.17) is 0 Å². The molecule has 1 aromatic carbocycles. The fourth-order valence-electron chi connectivity index (χ4n) is 2.59. The van der Waals surface area contributed by atoms with Gasteiger partial charge >= 0.3 is 0 Å². The van der Waals surface area contributed by atoms with Gasteiger partial charge in [-0.1, -0.05) is 70.4 Å². The lowest BCUT2D eigenvalue weighted by Crippen LogP contribution is -2.28. The van der Waals surface area contributed by atoms with E-state index in [9.17, 15) is 0 Å². The molecule has 2 unspecified atom stereocenters. The summed E-state index contributed by atoms with van der Waals surface area (Å²) in [7, 11) is 0. The van der Waals surface area contributed by atoms with Gasteiger partial charge in [0.15, 0.2) is 0 Å². The summed E-state index contributed by atoms with van der Waals surface area (Å²) in [4.78, 5) is 0. The van der Waals surface area contributed by atoms with Crippen LogP contribution in [-0.2, 0) is 0 Å². The van der Waals surface area contributed by atoms with E-state index in [-0.39, 0.29) is 0 Å². The molecule has 0 aliphatic rings. The van der Waals surface area contributed by atoms with Gasteiger partial charge < -0.3 is 5.32 Å². The number of hydrogen-bond acceptors (Lipinski definition) is 1. The predicted octanol–water partition coefficient (Wildman–Crippen LogP) is 4.94. The van der Waals surface area contributed by atoms with E-state index in [2.05, 4.69) is 56.4 Å². The van der Waals surface area contributed by atoms with Crippen LogP contribution in [0.5, 0.6) is 0 Å². The van der Waals surface area contributed by atoms with Gasteiger partial charge in [0.05, 0.1) is 0 Å². The summed E-state index contributed by atoms with van der Waals surface area (Å²) in [5.41, 5.74) is 1.45. The van der Waals surface area contributed by atoms with Crippen molar-refractivity contribution in [2.24, 2.45) is 5.92 Å². The van der Waals surface area contributed by atoms with E-state index in [1.54, 1.807) is 0 Å². The van der Waals surface area contributed by atoms with Crippen molar-refractivity contribution in [2.75, 3.05) is 6.54 Å². The van der Waals surface area contributed by atoms with Crippen LogP contribution in [0.15, 0.2) is 30.3 Å². The zero-order chi connectivity index (χ0) is 13.2. The molecule has 2 atom stereocenters. The molecular formula is C17H29N. The molecule has 1 nitrogen and oxygen atoms in total. The van der Waals surface area contributed by atoms with Crippen LogP contribution < -0.4 is 5.32 Å². The number of hydrogen-bond donors (Lipinski definition) is 1. The first-order chi connectivity index (χ1) is 8.83. The molecule has 0 aromatic heterocycles. The van der Waals surface area contributed by atoms with Crippen LogP contribution in [0.4, 0.5) is 0 Å². The highest BCUT2D eigenvalue weighted by molar-refractivity contribution is 5.19. The Morgan fingerprint density at radius 2 is 1.72 bits per heavy atom. The second kappa shape index (κ2) is 9.16. The van der Waals surface area contributed by atoms with Crippen LogP contribution in [0.1, 0.15) is 64.5 Å². The Morgan fingerprint density at radius 1 is 1.00 bits per heavy atom. The third-order valence-corrected chi connectivity index (χ3v) is 3.70. The second-order valence-corrected chi connectivity index (χ2v) is 5.15. The number of rotatable bonds is 9. The van der Waals surface area contributed by atoms with E-state index in [0.717, 1.165) is 12.5 Å². The molecule has 0 amide bonds. The maximum Gasteiger partial charge on any atom is 0.0348 e. The summed E-state index contributed by atoms with van der Waals surface area (Å²) in [6, 6.07) is 11.5. The standard InChI is InChI=1S/C17H29N/c1-4-7-11-15(6-3)17(18-14-5-2)16-12-9-8-10-13-16/h8-10,12-13,15,17-18H,4-7,11,14H2,1-3H3. The Hall–Kier alpha value is -0.820. The van der Waals surface area contributed by atoms with Crippen LogP contribution in [0.2, 0.25) is 0 Å². The fourth-order valence-corrected chi connectivity index (χ4v) is 2.59. The lowest BCUT2D eigenvalue weighted by atomic mass is 9.87. The van der Waals surface area contributed by atoms with Crippen LogP contribution >= 0.6 is 0 Å². The maximum absolute atomic E-state index is 3.75. The molecule has 0 saturated carbocycles. The molecule has 0 radical (unpaired) electrons. The summed E-state index contributed by atoms with van der Waals surface area (Å²) in [5, 5.41) is 3.75. The van der Waals surface area contributed by atoms with Gasteiger partial charge in [-0.25, -0.2) is 0 Å². The van der Waals surface area contributed by atoms with Crippen molar-refractivity contribution in [3.63, 3.8) is 0 Å². The molecule has 0 spiro atoms. The van der Waals surface area contributed by atoms with Crippen molar-refractivity contribution in [1.82, 2.24) is 5.32 Å². The van der Waals surface area contributed by atoms with Gasteiger partial charge in [-0.3, -0.25) is 0 Å². The molecule has 0 aliphatic heterocycles. The van der Waals surface area contributed by atoms with E-state index < -0.39 is 0 Å². The zero-order valence-electron chi connectivity index (χ0n) is 12.3. The Morgan fingerprint density at radius 3 is 2.28 bits per heavy atom. The maximum atomic E-state index is 3.75. The van der Waals surface area contributed by atoms with Crippen molar-refractivity contribution in [2.45, 2.75) is 58.9 Å². The molecule has 102 valence electrons. The van der Waals surface area contributed by atoms with Crippen LogP contribution in [0, 0.1) is 5.92 Å². The lowest BCUT2D eigenvalue weighted by Gasteiger charge is -2.28. The monoisotopic (exact) mass is 247 g/mol. The predicted molar refractivity (Wildman–Crippen MR) is 80.8 cm³/mol. The molecule has 0 bridgehead atoms. The highest BCUT2D eigenvalue weighted by atomic mass is 14.9. The molecule has 1 N–H and O–H groups in total. The van der Waals surface area contributed by atoms with Gasteiger partial charge in [-0.15, -0.1) is 0 Å². The molecule has 1 aromatic rings. The van der Waals surface area contributed by atoms with Gasteiger partial charge in [0.1, 0.15) is 0 Å². The first kappa shape index (κ1) is 15.2. The minimum Gasteiger partial charge on any atom is -0.310 e. The van der Waals surface area contributed by atoms with E-state index >= 15 is 0 Å². The van der Waals surface area contributed by atoms with Gasteiger partial charge in [-0.05, 0) is 30.9 Å². The quantitative estimate of drug-likeness (QED) is 0.651. The highest BCUT2D eigenvalue weighted by Gasteiger charge is 2.20. The summed E-state index contributed by atoms with van der Waals surface area (Å²) in [6.45, 7) is 7.96. The highest BCUT2D eigenvalue weighted by Crippen LogP contribution is 2.28. The van der Waals surface area contributed by atoms with Gasteiger partial charge in [0.2, 0.25) is 0 Å². The topological polar surface area (TPSA) is 12.0 Å². The van der Waals surface area contributed by atoms with E-state index in [1.165, 1.54) is 37.7 Å². The van der Waals surface area contributed by atoms with E-state index in [0.29, 0.717) is 6.04 Å². The van der Waals surface area contributed by atoms with E-state index in [1.807, 2.05) is 0 Å². The summed E-state index contributed by atoms with van der Waals surface area (Å²) >= 11 is 0. The first-order valence-corrected chi connectivity index (χ1v) is 7.61. The van der Waals surface area contributed by atoms with Crippen molar-refractivity contribution in [1.29, 1.82) is 0 Å². The Labute approximate surface area is 113 Å². The van der Waals surface area contributed by atoms with Crippen molar-refractivity contribution >= 4 is 0 Å². The lowest BCUT2D eigenvalue weighted by molar-refractivity contribution is 0.323. The SMILES string of the molecule is CCCCC(CC)C(NCCC)c1ccccc1. The van der Waals surface area contributed by atoms with Crippen LogP contribution in [0.25, 0.3) is 0 Å². The number of nitrogens with one attached hydrogen (secondary N) is 1. The normalized spacial score (nSPS) is 14.4. The van der Waals surface area contributed by atoms with Crippen molar-refractivity contribution < 1.29 is 0 Å². The van der Waals surface area contributed by atoms with Crippen LogP contribution in [0.3, 0.4) is 0 Å². The molecular weight excluding hydrogens is 218 g/mol. The molecule has 1 rings (SSSR count). The van der Waals surface area contributed by atoms with Gasteiger partial charge in [-0.2, -0.15) is 0 Å². The molecule has 0 aliphatic carbocycles. The summed E-state index contributed by atoms with van der Waals surface area (Å²) < 4.78 is 0. The zero-order valence-corrected chi connectivity index (χ0v) is 12.3. The molecule has 0 heterocycles. The third-order valence-electron chi connectivity index (χ3n) is 3.70. The molecule has 0 fully saturated rings. The van der Waals surface area contributed by atoms with Crippen molar-refractivity contribution in [3.05, 3.63) is 35.9 Å². The largest absolute Gasteiger partial charge is 0.310 e. The van der Waals surface area contributed by atoms with Crippen LogP contribution in [-0.4, -0.2) is 6.54 Å².